The molecule has 0 bridgehead atoms. The molecule has 1 N–H and O–H groups in total. The Morgan fingerprint density at radius 3 is 2.48 bits per heavy atom. The van der Waals surface area contributed by atoms with E-state index in [0.717, 1.165) is 25.2 Å². The Morgan fingerprint density at radius 1 is 1.28 bits per heavy atom. The molecule has 132 valence electrons. The molecule has 2 aromatic rings. The number of hydrogen-bond acceptors (Lipinski definition) is 5. The lowest BCUT2D eigenvalue weighted by Gasteiger charge is -2.34. The summed E-state index contributed by atoms with van der Waals surface area (Å²) in [6.07, 6.45) is 0. The molecule has 1 fully saturated rings. The van der Waals surface area contributed by atoms with Crippen molar-refractivity contribution in [1.82, 2.24) is 20.0 Å². The number of amides is 1. The standard InChI is InChI=1S/C15H15BrClN5O3/c16-12-13(18-19-14(12)22(24)25)15(23)21-7-5-20(6-8-21)9-10-1-3-11(17)4-2-10/h1-4H,5-9H2,(H,18,19). The van der Waals surface area contributed by atoms with Crippen molar-refractivity contribution in [1.29, 1.82) is 0 Å². The Labute approximate surface area is 157 Å². The zero-order valence-electron chi connectivity index (χ0n) is 13.1. The molecule has 0 atom stereocenters. The summed E-state index contributed by atoms with van der Waals surface area (Å²) in [5.74, 6) is -0.632. The number of aromatic nitrogens is 2. The summed E-state index contributed by atoms with van der Waals surface area (Å²) >= 11 is 8.97. The van der Waals surface area contributed by atoms with Crippen LogP contribution in [-0.2, 0) is 6.54 Å². The number of aromatic amines is 1. The lowest BCUT2D eigenvalue weighted by Crippen LogP contribution is -2.48. The number of piperazine rings is 1. The molecule has 1 aromatic carbocycles. The highest BCUT2D eigenvalue weighted by molar-refractivity contribution is 9.10. The first-order chi connectivity index (χ1) is 12.0. The minimum absolute atomic E-state index is 0.0397. The quantitative estimate of drug-likeness (QED) is 0.597. The number of nitrogens with one attached hydrogen (secondary N) is 1. The van der Waals surface area contributed by atoms with Gasteiger partial charge in [-0.25, -0.2) is 0 Å². The van der Waals surface area contributed by atoms with Gasteiger partial charge in [0.1, 0.15) is 4.47 Å². The van der Waals surface area contributed by atoms with E-state index in [2.05, 4.69) is 31.0 Å². The van der Waals surface area contributed by atoms with Crippen LogP contribution in [0.5, 0.6) is 0 Å². The van der Waals surface area contributed by atoms with E-state index in [9.17, 15) is 14.9 Å². The van der Waals surface area contributed by atoms with E-state index in [1.165, 1.54) is 0 Å². The first-order valence-electron chi connectivity index (χ1n) is 7.60. The number of hydrogen-bond donors (Lipinski definition) is 1. The zero-order valence-corrected chi connectivity index (χ0v) is 15.5. The van der Waals surface area contributed by atoms with Crippen molar-refractivity contribution in [3.8, 4) is 0 Å². The summed E-state index contributed by atoms with van der Waals surface area (Å²) < 4.78 is 0.0890. The normalized spacial score (nSPS) is 15.4. The van der Waals surface area contributed by atoms with Gasteiger partial charge in [-0.3, -0.25) is 9.69 Å². The number of nitro groups is 1. The van der Waals surface area contributed by atoms with E-state index >= 15 is 0 Å². The van der Waals surface area contributed by atoms with E-state index in [4.69, 9.17) is 11.6 Å². The van der Waals surface area contributed by atoms with Gasteiger partial charge in [-0.1, -0.05) is 28.8 Å². The molecule has 3 rings (SSSR count). The minimum atomic E-state index is -0.613. The van der Waals surface area contributed by atoms with Crippen molar-refractivity contribution in [3.63, 3.8) is 0 Å². The van der Waals surface area contributed by atoms with Gasteiger partial charge in [-0.15, -0.1) is 5.10 Å². The maximum atomic E-state index is 12.5. The van der Waals surface area contributed by atoms with Crippen LogP contribution < -0.4 is 0 Å². The number of nitrogens with zero attached hydrogens (tertiary/aromatic N) is 4. The van der Waals surface area contributed by atoms with Crippen LogP contribution in [0.1, 0.15) is 16.1 Å². The molecule has 1 amide bonds. The van der Waals surface area contributed by atoms with Crippen molar-refractivity contribution in [3.05, 3.63) is 55.1 Å². The fourth-order valence-corrected chi connectivity index (χ4v) is 3.31. The Kier molecular flexibility index (Phi) is 5.36. The van der Waals surface area contributed by atoms with Gasteiger partial charge in [0.2, 0.25) is 0 Å². The Morgan fingerprint density at radius 2 is 1.92 bits per heavy atom. The molecule has 0 aliphatic carbocycles. The van der Waals surface area contributed by atoms with Crippen molar-refractivity contribution in [2.24, 2.45) is 0 Å². The van der Waals surface area contributed by atoms with Crippen molar-refractivity contribution >= 4 is 39.3 Å². The van der Waals surface area contributed by atoms with Gasteiger partial charge in [0.25, 0.3) is 5.91 Å². The predicted octanol–water partition coefficient (Wildman–Crippen LogP) is 2.69. The molecular formula is C15H15BrClN5O3. The van der Waals surface area contributed by atoms with E-state index in [1.54, 1.807) is 4.90 Å². The summed E-state index contributed by atoms with van der Waals surface area (Å²) in [6, 6.07) is 7.69. The molecule has 1 aliphatic rings. The lowest BCUT2D eigenvalue weighted by molar-refractivity contribution is -0.390. The van der Waals surface area contributed by atoms with Gasteiger partial charge < -0.3 is 15.0 Å². The number of benzene rings is 1. The zero-order chi connectivity index (χ0) is 18.0. The summed E-state index contributed by atoms with van der Waals surface area (Å²) in [5, 5.41) is 17.6. The topological polar surface area (TPSA) is 95.4 Å². The van der Waals surface area contributed by atoms with Gasteiger partial charge in [0.15, 0.2) is 5.69 Å². The monoisotopic (exact) mass is 427 g/mol. The van der Waals surface area contributed by atoms with Gasteiger partial charge in [-0.05, 0) is 38.5 Å². The van der Waals surface area contributed by atoms with Crippen molar-refractivity contribution < 1.29 is 9.72 Å². The molecule has 8 nitrogen and oxygen atoms in total. The number of carbonyl (C=O) groups excluding carboxylic acids is 1. The summed E-state index contributed by atoms with van der Waals surface area (Å²) in [7, 11) is 0. The summed E-state index contributed by atoms with van der Waals surface area (Å²) in [6.45, 7) is 3.31. The molecule has 25 heavy (non-hydrogen) atoms. The molecule has 0 saturated carbocycles. The number of halogens is 2. The first kappa shape index (κ1) is 17.8. The number of H-pyrrole nitrogens is 1. The molecule has 1 saturated heterocycles. The maximum Gasteiger partial charge on any atom is 0.357 e. The van der Waals surface area contributed by atoms with Crippen LogP contribution in [0.3, 0.4) is 0 Å². The van der Waals surface area contributed by atoms with Gasteiger partial charge in [-0.2, -0.15) is 0 Å². The number of rotatable bonds is 4. The third-order valence-electron chi connectivity index (χ3n) is 4.05. The molecule has 1 aromatic heterocycles. The Balaban J connectivity index is 1.59. The third-order valence-corrected chi connectivity index (χ3v) is 5.06. The molecule has 0 spiro atoms. The summed E-state index contributed by atoms with van der Waals surface area (Å²) in [5.41, 5.74) is 1.20. The van der Waals surface area contributed by atoms with Crippen LogP contribution in [-0.4, -0.2) is 57.0 Å². The smallest absolute Gasteiger partial charge is 0.357 e. The van der Waals surface area contributed by atoms with Crippen LogP contribution in [0.2, 0.25) is 5.02 Å². The van der Waals surface area contributed by atoms with E-state index < -0.39 is 4.92 Å². The second-order valence-electron chi connectivity index (χ2n) is 5.69. The fraction of sp³-hybridized carbons (Fsp3) is 0.333. The second kappa shape index (κ2) is 7.51. The molecule has 2 heterocycles. The van der Waals surface area contributed by atoms with Crippen LogP contribution in [0.4, 0.5) is 5.82 Å². The predicted molar refractivity (Wildman–Crippen MR) is 95.6 cm³/mol. The highest BCUT2D eigenvalue weighted by Crippen LogP contribution is 2.26. The SMILES string of the molecule is O=C(c1n[nH]c([N+](=O)[O-])c1Br)N1CCN(Cc2ccc(Cl)cc2)CC1. The second-order valence-corrected chi connectivity index (χ2v) is 6.92. The highest BCUT2D eigenvalue weighted by Gasteiger charge is 2.30. The van der Waals surface area contributed by atoms with E-state index in [0.29, 0.717) is 18.1 Å². The average Bonchev–Trinajstić information content (AvgIpc) is 2.99. The molecule has 1 aliphatic heterocycles. The van der Waals surface area contributed by atoms with Crippen LogP contribution in [0, 0.1) is 10.1 Å². The molecule has 10 heteroatoms. The van der Waals surface area contributed by atoms with Crippen LogP contribution in [0.15, 0.2) is 28.7 Å². The number of carbonyl (C=O) groups is 1. The highest BCUT2D eigenvalue weighted by atomic mass is 79.9. The average molecular weight is 429 g/mol. The van der Waals surface area contributed by atoms with Gasteiger partial charge in [0.05, 0.1) is 0 Å². The molecular weight excluding hydrogens is 414 g/mol. The Hall–Kier alpha value is -1.97. The maximum absolute atomic E-state index is 12.5. The largest absolute Gasteiger partial charge is 0.358 e. The van der Waals surface area contributed by atoms with Crippen molar-refractivity contribution in [2.45, 2.75) is 6.54 Å². The van der Waals surface area contributed by atoms with Gasteiger partial charge >= 0.3 is 5.82 Å². The first-order valence-corrected chi connectivity index (χ1v) is 8.77. The van der Waals surface area contributed by atoms with E-state index in [-0.39, 0.29) is 21.9 Å². The summed E-state index contributed by atoms with van der Waals surface area (Å²) in [4.78, 5) is 26.6. The Bertz CT molecular complexity index is 787. The fourth-order valence-electron chi connectivity index (χ4n) is 2.69. The lowest BCUT2D eigenvalue weighted by atomic mass is 10.2. The van der Waals surface area contributed by atoms with Crippen molar-refractivity contribution in [2.75, 3.05) is 26.2 Å². The minimum Gasteiger partial charge on any atom is -0.358 e. The van der Waals surface area contributed by atoms with Crippen LogP contribution >= 0.6 is 27.5 Å². The van der Waals surface area contributed by atoms with E-state index in [1.807, 2.05) is 24.3 Å². The third kappa shape index (κ3) is 4.00. The van der Waals surface area contributed by atoms with Crippen LogP contribution in [0.25, 0.3) is 0 Å². The molecule has 0 unspecified atom stereocenters. The molecule has 0 radical (unpaired) electrons. The van der Waals surface area contributed by atoms with Gasteiger partial charge in [0, 0.05) is 37.7 Å².